The quantitative estimate of drug-likeness (QED) is 0.364. The summed E-state index contributed by atoms with van der Waals surface area (Å²) in [5, 5.41) is 8.24. The number of benzene rings is 2. The number of carbonyl (C=O) groups is 2. The second-order valence-electron chi connectivity index (χ2n) is 7.05. The van der Waals surface area contributed by atoms with Gasteiger partial charge in [0.2, 0.25) is 11.7 Å². The first kappa shape index (κ1) is 23.0. The Morgan fingerprint density at radius 3 is 2.28 bits per heavy atom. The molecule has 0 radical (unpaired) electrons. The minimum absolute atomic E-state index is 0.190. The molecular formula is C20H12Cl5N3O4. The van der Waals surface area contributed by atoms with E-state index in [1.165, 1.54) is 12.1 Å². The van der Waals surface area contributed by atoms with Gasteiger partial charge in [0.05, 0.1) is 22.7 Å². The highest BCUT2D eigenvalue weighted by molar-refractivity contribution is 6.53. The fourth-order valence-electron chi connectivity index (χ4n) is 3.32. The summed E-state index contributed by atoms with van der Waals surface area (Å²) in [5.74, 6) is -2.63. The van der Waals surface area contributed by atoms with Crippen LogP contribution in [0.3, 0.4) is 0 Å². The highest BCUT2D eigenvalue weighted by atomic mass is 35.5. The molecule has 3 aromatic rings. The average molecular weight is 536 g/mol. The third-order valence-electron chi connectivity index (χ3n) is 4.81. The number of carbonyl (C=O) groups excluding carboxylic acids is 2. The Bertz CT molecular complexity index is 1270. The molecule has 32 heavy (non-hydrogen) atoms. The van der Waals surface area contributed by atoms with E-state index in [4.69, 9.17) is 62.5 Å². The van der Waals surface area contributed by atoms with E-state index < -0.39 is 33.5 Å². The fraction of sp³-hybridized carbons (Fsp3) is 0.150. The summed E-state index contributed by atoms with van der Waals surface area (Å²) in [6.45, 7) is 0. The molecule has 4 rings (SSSR count). The maximum Gasteiger partial charge on any atom is 0.294 e. The molecule has 1 aromatic heterocycles. The number of rotatable bonds is 5. The van der Waals surface area contributed by atoms with Crippen LogP contribution in [-0.2, 0) is 4.79 Å². The lowest BCUT2D eigenvalue weighted by Gasteiger charge is -2.10. The molecule has 7 nitrogen and oxygen atoms in total. The van der Waals surface area contributed by atoms with Crippen molar-refractivity contribution >= 4 is 81.2 Å². The summed E-state index contributed by atoms with van der Waals surface area (Å²) in [6, 6.07) is 10.3. The van der Waals surface area contributed by atoms with Gasteiger partial charge in [0.1, 0.15) is 4.33 Å². The predicted molar refractivity (Wildman–Crippen MR) is 124 cm³/mol. The minimum atomic E-state index is -1.34. The smallest absolute Gasteiger partial charge is 0.294 e. The van der Waals surface area contributed by atoms with Crippen LogP contribution in [0.15, 0.2) is 51.8 Å². The largest absolute Gasteiger partial charge is 0.373 e. The molecule has 2 atom stereocenters. The van der Waals surface area contributed by atoms with Gasteiger partial charge in [-0.1, -0.05) is 34.8 Å². The highest BCUT2D eigenvalue weighted by Crippen LogP contribution is 2.65. The van der Waals surface area contributed by atoms with Crippen LogP contribution < -0.4 is 16.2 Å². The van der Waals surface area contributed by atoms with Crippen LogP contribution in [0.2, 0.25) is 15.1 Å². The number of aromatic nitrogens is 1. The van der Waals surface area contributed by atoms with Crippen LogP contribution in [0.1, 0.15) is 22.0 Å². The van der Waals surface area contributed by atoms with Crippen LogP contribution in [0.25, 0.3) is 0 Å². The number of alkyl halides is 2. The number of anilines is 2. The molecular weight excluding hydrogens is 524 g/mol. The van der Waals surface area contributed by atoms with Gasteiger partial charge in [0.25, 0.3) is 11.5 Å². The molecule has 1 saturated carbocycles. The van der Waals surface area contributed by atoms with Crippen LogP contribution in [-0.4, -0.2) is 21.3 Å². The standard InChI is InChI=1S/C20H12Cl5N3O4/c21-9-3-8(4-10(22)5-9)16-17(20(16,24)25)19(31)26-11-1-2-12(23)13(6-11)27-18(30)14-7-15(29)28-32-14/h1-7,16-17H,(H,26,31)(H,27,30)(H,28,29)/t16-,17+/m0/s1. The van der Waals surface area contributed by atoms with Gasteiger partial charge in [0.15, 0.2) is 0 Å². The summed E-state index contributed by atoms with van der Waals surface area (Å²) in [5.41, 5.74) is 0.608. The lowest BCUT2D eigenvalue weighted by Crippen LogP contribution is -2.17. The second-order valence-corrected chi connectivity index (χ2v) is 9.77. The second kappa shape index (κ2) is 8.65. The number of hydrogen-bond acceptors (Lipinski definition) is 4. The van der Waals surface area contributed by atoms with E-state index in [2.05, 4.69) is 10.6 Å². The van der Waals surface area contributed by atoms with Crippen molar-refractivity contribution in [3.05, 3.63) is 79.2 Å². The first-order valence-electron chi connectivity index (χ1n) is 9.00. The Hall–Kier alpha value is -2.16. The highest BCUT2D eigenvalue weighted by Gasteiger charge is 2.67. The molecule has 0 aliphatic heterocycles. The van der Waals surface area contributed by atoms with Crippen LogP contribution in [0.5, 0.6) is 0 Å². The van der Waals surface area contributed by atoms with Crippen molar-refractivity contribution in [2.45, 2.75) is 10.3 Å². The van der Waals surface area contributed by atoms with E-state index in [1.54, 1.807) is 24.3 Å². The summed E-state index contributed by atoms with van der Waals surface area (Å²) in [4.78, 5) is 36.2. The van der Waals surface area contributed by atoms with Crippen molar-refractivity contribution in [3.8, 4) is 0 Å². The molecule has 166 valence electrons. The molecule has 0 unspecified atom stereocenters. The fourth-order valence-corrected chi connectivity index (χ4v) is 4.86. The third kappa shape index (κ3) is 4.63. The molecule has 1 aliphatic rings. The monoisotopic (exact) mass is 533 g/mol. The van der Waals surface area contributed by atoms with Crippen molar-refractivity contribution in [2.75, 3.05) is 10.6 Å². The first-order valence-corrected chi connectivity index (χ1v) is 10.9. The van der Waals surface area contributed by atoms with Gasteiger partial charge >= 0.3 is 0 Å². The van der Waals surface area contributed by atoms with E-state index in [-0.39, 0.29) is 16.5 Å². The molecule has 1 fully saturated rings. The average Bonchev–Trinajstić information content (AvgIpc) is 3.02. The Morgan fingerprint density at radius 1 is 0.969 bits per heavy atom. The van der Waals surface area contributed by atoms with Crippen LogP contribution in [0.4, 0.5) is 11.4 Å². The van der Waals surface area contributed by atoms with Gasteiger partial charge in [0, 0.05) is 21.7 Å². The van der Waals surface area contributed by atoms with Crippen molar-refractivity contribution in [3.63, 3.8) is 0 Å². The number of aromatic amines is 1. The SMILES string of the molecule is O=C(Nc1cc(NC(=O)[C@H]2[C@H](c3cc(Cl)cc(Cl)c3)C2(Cl)Cl)ccc1Cl)c1cc(=O)[nH]o1. The Morgan fingerprint density at radius 2 is 1.66 bits per heavy atom. The zero-order chi connectivity index (χ0) is 23.2. The van der Waals surface area contributed by atoms with Crippen LogP contribution in [0, 0.1) is 5.92 Å². The number of halogens is 5. The van der Waals surface area contributed by atoms with Crippen LogP contribution >= 0.6 is 58.0 Å². The number of amides is 2. The molecule has 2 aromatic carbocycles. The zero-order valence-electron chi connectivity index (χ0n) is 15.7. The minimum Gasteiger partial charge on any atom is -0.373 e. The van der Waals surface area contributed by atoms with Crippen molar-refractivity contribution in [2.24, 2.45) is 5.92 Å². The number of nitrogens with one attached hydrogen (secondary N) is 3. The van der Waals surface area contributed by atoms with Gasteiger partial charge in [-0.25, -0.2) is 0 Å². The molecule has 2 amide bonds. The summed E-state index contributed by atoms with van der Waals surface area (Å²) in [6.07, 6.45) is 0. The molecule has 12 heteroatoms. The van der Waals surface area contributed by atoms with Gasteiger partial charge in [-0.2, -0.15) is 5.16 Å². The molecule has 0 saturated heterocycles. The Balaban J connectivity index is 1.50. The van der Waals surface area contributed by atoms with Crippen molar-refractivity contribution in [1.82, 2.24) is 5.16 Å². The molecule has 3 N–H and O–H groups in total. The normalized spacial score (nSPS) is 18.8. The lowest BCUT2D eigenvalue weighted by molar-refractivity contribution is -0.117. The van der Waals surface area contributed by atoms with E-state index in [0.717, 1.165) is 6.07 Å². The maximum absolute atomic E-state index is 12.9. The van der Waals surface area contributed by atoms with Gasteiger partial charge < -0.3 is 15.2 Å². The number of H-pyrrole nitrogens is 1. The van der Waals surface area contributed by atoms with Crippen molar-refractivity contribution < 1.29 is 14.1 Å². The summed E-state index contributed by atoms with van der Waals surface area (Å²) < 4.78 is 3.42. The molecule has 1 heterocycles. The van der Waals surface area contributed by atoms with Gasteiger partial charge in [-0.05, 0) is 42.0 Å². The van der Waals surface area contributed by atoms with E-state index in [1.807, 2.05) is 5.16 Å². The lowest BCUT2D eigenvalue weighted by atomic mass is 10.1. The van der Waals surface area contributed by atoms with E-state index >= 15 is 0 Å². The summed E-state index contributed by atoms with van der Waals surface area (Å²) >= 11 is 31.0. The molecule has 0 bridgehead atoms. The van der Waals surface area contributed by atoms with E-state index in [9.17, 15) is 14.4 Å². The maximum atomic E-state index is 12.9. The Kier molecular flexibility index (Phi) is 6.22. The van der Waals surface area contributed by atoms with Gasteiger partial charge in [-0.3, -0.25) is 14.4 Å². The zero-order valence-corrected chi connectivity index (χ0v) is 19.5. The molecule has 0 spiro atoms. The first-order chi connectivity index (χ1) is 15.1. The summed E-state index contributed by atoms with van der Waals surface area (Å²) in [7, 11) is 0. The molecule has 1 aliphatic carbocycles. The topological polar surface area (TPSA) is 104 Å². The van der Waals surface area contributed by atoms with Crippen molar-refractivity contribution in [1.29, 1.82) is 0 Å². The van der Waals surface area contributed by atoms with Gasteiger partial charge in [-0.15, -0.1) is 23.2 Å². The van der Waals surface area contributed by atoms with E-state index in [0.29, 0.717) is 21.3 Å². The number of hydrogen-bond donors (Lipinski definition) is 3. The Labute approximate surface area is 205 Å². The third-order valence-corrected chi connectivity index (χ3v) is 6.52. The predicted octanol–water partition coefficient (Wildman–Crippen LogP) is 5.71.